The van der Waals surface area contributed by atoms with Gasteiger partial charge in [-0.05, 0) is 44.0 Å². The highest BCUT2D eigenvalue weighted by Crippen LogP contribution is 2.26. The first-order valence-corrected chi connectivity index (χ1v) is 10.1. The molecule has 1 amide bonds. The second-order valence-corrected chi connectivity index (χ2v) is 8.17. The number of hydrogen-bond acceptors (Lipinski definition) is 5. The Balaban J connectivity index is 1.61. The van der Waals surface area contributed by atoms with Crippen molar-refractivity contribution in [1.82, 2.24) is 9.88 Å². The summed E-state index contributed by atoms with van der Waals surface area (Å²) in [5.74, 6) is -0.117. The Bertz CT molecular complexity index is 758. The van der Waals surface area contributed by atoms with E-state index in [1.807, 2.05) is 31.2 Å². The molecular formula is C18H20N2O3S2. The lowest BCUT2D eigenvalue weighted by molar-refractivity contribution is -0.137. The summed E-state index contributed by atoms with van der Waals surface area (Å²) in [6.07, 6.45) is 1.65. The van der Waals surface area contributed by atoms with E-state index in [1.165, 1.54) is 0 Å². The van der Waals surface area contributed by atoms with Gasteiger partial charge in [0.15, 0.2) is 0 Å². The molecule has 0 bridgehead atoms. The molecule has 0 spiro atoms. The number of likely N-dealkylation sites (tertiary alicyclic amines) is 1. The maximum atomic E-state index is 12.6. The number of aromatic nitrogens is 1. The van der Waals surface area contributed by atoms with E-state index in [0.29, 0.717) is 12.1 Å². The number of hydrogen-bond donors (Lipinski definition) is 1. The quantitative estimate of drug-likeness (QED) is 0.776. The molecule has 2 aromatic rings. The normalized spacial score (nSPS) is 17.0. The summed E-state index contributed by atoms with van der Waals surface area (Å²) in [4.78, 5) is 30.8. The molecule has 1 aromatic heterocycles. The fourth-order valence-corrected chi connectivity index (χ4v) is 4.52. The Labute approximate surface area is 155 Å². The molecule has 5 nitrogen and oxygen atoms in total. The van der Waals surface area contributed by atoms with Crippen LogP contribution in [0.4, 0.5) is 0 Å². The van der Waals surface area contributed by atoms with Gasteiger partial charge in [-0.15, -0.1) is 23.1 Å². The van der Waals surface area contributed by atoms with Crippen LogP contribution in [0.15, 0.2) is 34.5 Å². The molecule has 1 unspecified atom stereocenters. The van der Waals surface area contributed by atoms with Crippen molar-refractivity contribution in [3.63, 3.8) is 0 Å². The third-order valence-electron chi connectivity index (χ3n) is 4.20. The highest BCUT2D eigenvalue weighted by Gasteiger charge is 2.30. The molecule has 1 aliphatic rings. The summed E-state index contributed by atoms with van der Waals surface area (Å²) in [5.41, 5.74) is 1.69. The van der Waals surface area contributed by atoms with Crippen molar-refractivity contribution < 1.29 is 14.7 Å². The van der Waals surface area contributed by atoms with Crippen LogP contribution in [0.2, 0.25) is 0 Å². The van der Waals surface area contributed by atoms with Crippen LogP contribution in [-0.4, -0.2) is 39.5 Å². The van der Waals surface area contributed by atoms with Crippen molar-refractivity contribution in [2.75, 3.05) is 6.54 Å². The van der Waals surface area contributed by atoms with E-state index in [1.54, 1.807) is 28.0 Å². The van der Waals surface area contributed by atoms with Gasteiger partial charge in [0.05, 0.1) is 17.1 Å². The Hall–Kier alpha value is -1.86. The predicted molar refractivity (Wildman–Crippen MR) is 99.2 cm³/mol. The van der Waals surface area contributed by atoms with E-state index in [0.717, 1.165) is 34.2 Å². The molecule has 1 atom stereocenters. The number of benzene rings is 1. The van der Waals surface area contributed by atoms with Crippen LogP contribution in [0.3, 0.4) is 0 Å². The number of aliphatic carboxylic acids is 1. The largest absolute Gasteiger partial charge is 0.481 e. The summed E-state index contributed by atoms with van der Waals surface area (Å²) in [6, 6.07) is 7.35. The van der Waals surface area contributed by atoms with Gasteiger partial charge >= 0.3 is 5.97 Å². The van der Waals surface area contributed by atoms with Crippen molar-refractivity contribution >= 4 is 35.0 Å². The fraction of sp³-hybridized carbons (Fsp3) is 0.389. The molecule has 132 valence electrons. The van der Waals surface area contributed by atoms with Crippen LogP contribution in [0.25, 0.3) is 0 Å². The molecule has 1 N–H and O–H groups in total. The van der Waals surface area contributed by atoms with Gasteiger partial charge in [-0.1, -0.05) is 0 Å². The molecule has 2 heterocycles. The SMILES string of the molecule is Cc1nc(CSc2ccc(C(=O)N3CCCC3CC(=O)O)cc2)cs1. The first-order valence-electron chi connectivity index (χ1n) is 8.19. The zero-order valence-corrected chi connectivity index (χ0v) is 15.6. The average molecular weight is 377 g/mol. The Kier molecular flexibility index (Phi) is 5.75. The van der Waals surface area contributed by atoms with E-state index in [9.17, 15) is 9.59 Å². The molecule has 1 fully saturated rings. The maximum Gasteiger partial charge on any atom is 0.305 e. The van der Waals surface area contributed by atoms with Gasteiger partial charge in [0, 0.05) is 34.2 Å². The number of thiazole rings is 1. The number of thioether (sulfide) groups is 1. The first-order chi connectivity index (χ1) is 12.0. The third-order valence-corrected chi connectivity index (χ3v) is 6.07. The summed E-state index contributed by atoms with van der Waals surface area (Å²) in [7, 11) is 0. The lowest BCUT2D eigenvalue weighted by Crippen LogP contribution is -2.36. The van der Waals surface area contributed by atoms with Crippen molar-refractivity contribution in [3.05, 3.63) is 45.9 Å². The molecular weight excluding hydrogens is 356 g/mol. The Morgan fingerprint density at radius 1 is 1.36 bits per heavy atom. The monoisotopic (exact) mass is 376 g/mol. The average Bonchev–Trinajstić information content (AvgIpc) is 3.21. The van der Waals surface area contributed by atoms with Crippen LogP contribution in [0, 0.1) is 6.92 Å². The molecule has 0 aliphatic carbocycles. The molecule has 25 heavy (non-hydrogen) atoms. The highest BCUT2D eigenvalue weighted by molar-refractivity contribution is 7.98. The van der Waals surface area contributed by atoms with Gasteiger partial charge in [-0.2, -0.15) is 0 Å². The van der Waals surface area contributed by atoms with Gasteiger partial charge in [0.2, 0.25) is 0 Å². The zero-order valence-electron chi connectivity index (χ0n) is 14.0. The fourth-order valence-electron chi connectivity index (χ4n) is 3.01. The Morgan fingerprint density at radius 3 is 2.76 bits per heavy atom. The van der Waals surface area contributed by atoms with Gasteiger partial charge in [-0.3, -0.25) is 9.59 Å². The third kappa shape index (κ3) is 4.61. The van der Waals surface area contributed by atoms with Gasteiger partial charge in [0.1, 0.15) is 0 Å². The number of amides is 1. The lowest BCUT2D eigenvalue weighted by atomic mass is 10.1. The molecule has 0 radical (unpaired) electrons. The minimum Gasteiger partial charge on any atom is -0.481 e. The number of nitrogens with zero attached hydrogens (tertiary/aromatic N) is 2. The molecule has 1 saturated heterocycles. The zero-order chi connectivity index (χ0) is 17.8. The van der Waals surface area contributed by atoms with E-state index >= 15 is 0 Å². The lowest BCUT2D eigenvalue weighted by Gasteiger charge is -2.23. The second-order valence-electron chi connectivity index (χ2n) is 6.06. The van der Waals surface area contributed by atoms with E-state index in [4.69, 9.17) is 5.11 Å². The molecule has 0 saturated carbocycles. The molecule has 1 aromatic carbocycles. The molecule has 7 heteroatoms. The van der Waals surface area contributed by atoms with Crippen molar-refractivity contribution in [1.29, 1.82) is 0 Å². The van der Waals surface area contributed by atoms with Crippen molar-refractivity contribution in [2.24, 2.45) is 0 Å². The standard InChI is InChI=1S/C18H20N2O3S2/c1-12-19-14(10-24-12)11-25-16-6-4-13(5-7-16)18(23)20-8-2-3-15(20)9-17(21)22/h4-7,10,15H,2-3,8-9,11H2,1H3,(H,21,22). The summed E-state index contributed by atoms with van der Waals surface area (Å²) < 4.78 is 0. The van der Waals surface area contributed by atoms with Crippen LogP contribution < -0.4 is 0 Å². The van der Waals surface area contributed by atoms with Gasteiger partial charge < -0.3 is 10.0 Å². The second kappa shape index (κ2) is 8.01. The number of carbonyl (C=O) groups is 2. The van der Waals surface area contributed by atoms with Gasteiger partial charge in [0.25, 0.3) is 5.91 Å². The van der Waals surface area contributed by atoms with Crippen LogP contribution >= 0.6 is 23.1 Å². The minimum atomic E-state index is -0.853. The molecule has 1 aliphatic heterocycles. The number of carbonyl (C=O) groups excluding carboxylic acids is 1. The van der Waals surface area contributed by atoms with E-state index in [2.05, 4.69) is 10.4 Å². The molecule has 3 rings (SSSR count). The minimum absolute atomic E-state index is 0.0206. The summed E-state index contributed by atoms with van der Waals surface area (Å²) in [5, 5.41) is 12.1. The van der Waals surface area contributed by atoms with Crippen LogP contribution in [0.5, 0.6) is 0 Å². The smallest absolute Gasteiger partial charge is 0.305 e. The van der Waals surface area contributed by atoms with Gasteiger partial charge in [-0.25, -0.2) is 4.98 Å². The van der Waals surface area contributed by atoms with E-state index in [-0.39, 0.29) is 18.4 Å². The number of carboxylic acids is 1. The number of carboxylic acid groups (broad SMARTS) is 1. The van der Waals surface area contributed by atoms with Crippen molar-refractivity contribution in [3.8, 4) is 0 Å². The summed E-state index contributed by atoms with van der Waals surface area (Å²) in [6.45, 7) is 2.63. The number of rotatable bonds is 6. The first kappa shape index (κ1) is 17.9. The number of aryl methyl sites for hydroxylation is 1. The van der Waals surface area contributed by atoms with Crippen LogP contribution in [0.1, 0.15) is 40.3 Å². The van der Waals surface area contributed by atoms with Crippen LogP contribution in [-0.2, 0) is 10.5 Å². The predicted octanol–water partition coefficient (Wildman–Crippen LogP) is 3.82. The topological polar surface area (TPSA) is 70.5 Å². The van der Waals surface area contributed by atoms with Crippen molar-refractivity contribution in [2.45, 2.75) is 42.9 Å². The highest BCUT2D eigenvalue weighted by atomic mass is 32.2. The maximum absolute atomic E-state index is 12.6. The Morgan fingerprint density at radius 2 is 2.12 bits per heavy atom. The van der Waals surface area contributed by atoms with E-state index < -0.39 is 5.97 Å². The summed E-state index contributed by atoms with van der Waals surface area (Å²) >= 11 is 3.34.